The summed E-state index contributed by atoms with van der Waals surface area (Å²) in [5.41, 5.74) is -1.39. The molecule has 0 fully saturated rings. The second kappa shape index (κ2) is 7.40. The van der Waals surface area contributed by atoms with Crippen LogP contribution < -0.4 is 10.1 Å². The summed E-state index contributed by atoms with van der Waals surface area (Å²) in [6, 6.07) is 7.67. The summed E-state index contributed by atoms with van der Waals surface area (Å²) in [7, 11) is 0. The monoisotopic (exact) mass is 467 g/mol. The van der Waals surface area contributed by atoms with Gasteiger partial charge in [0, 0.05) is 23.3 Å². The second-order valence-corrected chi connectivity index (χ2v) is 8.75. The molecule has 0 saturated carbocycles. The minimum atomic E-state index is -5.27. The fourth-order valence-corrected chi connectivity index (χ4v) is 4.45. The number of nitrogens with one attached hydrogen (secondary N) is 1. The molecule has 33 heavy (non-hydrogen) atoms. The molecular formula is C21H20F3N3O6. The molecule has 2 unspecified atom stereocenters. The molecule has 2 aromatic rings. The highest BCUT2D eigenvalue weighted by atomic mass is 19.4. The number of aliphatic hydroxyl groups is 1. The van der Waals surface area contributed by atoms with E-state index < -0.39 is 50.8 Å². The second-order valence-electron chi connectivity index (χ2n) is 8.75. The molecule has 0 aliphatic carbocycles. The zero-order valence-electron chi connectivity index (χ0n) is 17.5. The number of benzene rings is 2. The van der Waals surface area contributed by atoms with Gasteiger partial charge in [-0.1, -0.05) is 24.3 Å². The number of carbonyl (C=O) groups excluding carboxylic acids is 1. The number of anilines is 1. The zero-order chi connectivity index (χ0) is 24.3. The van der Waals surface area contributed by atoms with E-state index in [0.29, 0.717) is 0 Å². The Morgan fingerprint density at radius 1 is 1.24 bits per heavy atom. The van der Waals surface area contributed by atoms with Gasteiger partial charge >= 0.3 is 12.1 Å². The molecule has 0 bridgehead atoms. The van der Waals surface area contributed by atoms with Crippen LogP contribution in [0.15, 0.2) is 36.4 Å². The number of nitro groups is 1. The van der Waals surface area contributed by atoms with Gasteiger partial charge < -0.3 is 25.0 Å². The first-order valence-electron chi connectivity index (χ1n) is 9.95. The summed E-state index contributed by atoms with van der Waals surface area (Å²) < 4.78 is 43.0. The van der Waals surface area contributed by atoms with E-state index in [1.54, 1.807) is 24.3 Å². The molecule has 2 N–H and O–H groups in total. The Morgan fingerprint density at radius 3 is 2.33 bits per heavy atom. The van der Waals surface area contributed by atoms with Crippen LogP contribution in [0.2, 0.25) is 0 Å². The van der Waals surface area contributed by atoms with Crippen LogP contribution in [0.5, 0.6) is 5.75 Å². The fourth-order valence-electron chi connectivity index (χ4n) is 4.45. The standard InChI is InChI=1S/C21H20F3N3O6/c1-20(2)18(28)17(27(32)9-11-5-3-4-6-12(11)10-27)13-7-15(26(30)31)14(8-16(13)33-20)25-19(29)21(22,23)24/h3-8,17-18,28H,9-10H2,1-2H3,(H,25,29). The van der Waals surface area contributed by atoms with Gasteiger partial charge in [0.25, 0.3) is 5.69 Å². The molecule has 1 amide bonds. The molecule has 2 aliphatic heterocycles. The number of ether oxygens (including phenoxy) is 1. The number of amides is 1. The van der Waals surface area contributed by atoms with Crippen molar-refractivity contribution < 1.29 is 37.4 Å². The lowest BCUT2D eigenvalue weighted by atomic mass is 9.85. The quantitative estimate of drug-likeness (QED) is 0.307. The summed E-state index contributed by atoms with van der Waals surface area (Å²) in [5, 5.41) is 38.2. The number of hydroxylamine groups is 3. The third kappa shape index (κ3) is 3.90. The number of aliphatic hydroxyl groups excluding tert-OH is 1. The summed E-state index contributed by atoms with van der Waals surface area (Å²) in [4.78, 5) is 22.1. The Hall–Kier alpha value is -3.22. The highest BCUT2D eigenvalue weighted by Gasteiger charge is 2.53. The first kappa shape index (κ1) is 23.0. The maximum Gasteiger partial charge on any atom is 0.471 e. The first-order valence-corrected chi connectivity index (χ1v) is 9.95. The number of carbonyl (C=O) groups is 1. The Balaban J connectivity index is 1.84. The molecule has 176 valence electrons. The number of fused-ring (bicyclic) bond motifs is 2. The number of halogens is 3. The average molecular weight is 467 g/mol. The molecule has 2 aromatic carbocycles. The zero-order valence-corrected chi connectivity index (χ0v) is 17.5. The van der Waals surface area contributed by atoms with E-state index in [0.717, 1.165) is 23.3 Å². The predicted octanol–water partition coefficient (Wildman–Crippen LogP) is 3.70. The van der Waals surface area contributed by atoms with Crippen molar-refractivity contribution in [3.05, 3.63) is 68.4 Å². The third-order valence-electron chi connectivity index (χ3n) is 6.03. The normalized spacial score (nSPS) is 22.6. The molecule has 2 atom stereocenters. The molecule has 0 spiro atoms. The van der Waals surface area contributed by atoms with Crippen molar-refractivity contribution in [3.63, 3.8) is 0 Å². The lowest BCUT2D eigenvalue weighted by Crippen LogP contribution is -2.57. The number of quaternary nitrogens is 1. The van der Waals surface area contributed by atoms with Crippen LogP contribution in [-0.2, 0) is 17.9 Å². The van der Waals surface area contributed by atoms with Crippen molar-refractivity contribution in [2.24, 2.45) is 0 Å². The van der Waals surface area contributed by atoms with Gasteiger partial charge in [0.1, 0.15) is 42.3 Å². The number of rotatable bonds is 3. The van der Waals surface area contributed by atoms with Crippen molar-refractivity contribution in [1.82, 2.24) is 0 Å². The van der Waals surface area contributed by atoms with Crippen LogP contribution in [0.4, 0.5) is 24.5 Å². The van der Waals surface area contributed by atoms with E-state index in [4.69, 9.17) is 4.74 Å². The maximum atomic E-state index is 14.0. The Labute approximate surface area is 185 Å². The van der Waals surface area contributed by atoms with Gasteiger partial charge in [0.05, 0.1) is 10.5 Å². The number of hydrogen-bond donors (Lipinski definition) is 2. The minimum absolute atomic E-state index is 0.00617. The van der Waals surface area contributed by atoms with E-state index in [-0.39, 0.29) is 24.4 Å². The Morgan fingerprint density at radius 2 is 1.82 bits per heavy atom. The molecular weight excluding hydrogens is 447 g/mol. The highest BCUT2D eigenvalue weighted by Crippen LogP contribution is 2.51. The van der Waals surface area contributed by atoms with Crippen LogP contribution in [0.25, 0.3) is 0 Å². The van der Waals surface area contributed by atoms with Crippen molar-refractivity contribution in [3.8, 4) is 5.75 Å². The van der Waals surface area contributed by atoms with Crippen LogP contribution in [0.3, 0.4) is 0 Å². The van der Waals surface area contributed by atoms with Crippen molar-refractivity contribution in [2.45, 2.75) is 50.9 Å². The molecule has 2 aliphatic rings. The largest absolute Gasteiger partial charge is 0.632 e. The van der Waals surface area contributed by atoms with Gasteiger partial charge in [0.15, 0.2) is 0 Å². The van der Waals surface area contributed by atoms with Crippen molar-refractivity contribution in [2.75, 3.05) is 5.32 Å². The smallest absolute Gasteiger partial charge is 0.471 e. The van der Waals surface area contributed by atoms with Crippen LogP contribution >= 0.6 is 0 Å². The third-order valence-corrected chi connectivity index (χ3v) is 6.03. The van der Waals surface area contributed by atoms with Crippen LogP contribution in [-0.4, -0.2) is 38.5 Å². The number of nitro benzene ring substituents is 1. The summed E-state index contributed by atoms with van der Waals surface area (Å²) in [6.45, 7) is 2.98. The summed E-state index contributed by atoms with van der Waals surface area (Å²) in [6.07, 6.45) is -6.65. The molecule has 12 heteroatoms. The van der Waals surface area contributed by atoms with Gasteiger partial charge in [-0.25, -0.2) is 0 Å². The molecule has 0 aromatic heterocycles. The topological polar surface area (TPSA) is 125 Å². The fraction of sp³-hybridized carbons (Fsp3) is 0.381. The van der Waals surface area contributed by atoms with Gasteiger partial charge in [-0.2, -0.15) is 13.2 Å². The van der Waals surface area contributed by atoms with Crippen molar-refractivity contribution >= 4 is 17.3 Å². The van der Waals surface area contributed by atoms with Gasteiger partial charge in [-0.3, -0.25) is 14.9 Å². The maximum absolute atomic E-state index is 14.0. The molecule has 4 rings (SSSR count). The lowest BCUT2D eigenvalue weighted by Gasteiger charge is -2.52. The first-order chi connectivity index (χ1) is 15.2. The van der Waals surface area contributed by atoms with Crippen molar-refractivity contribution in [1.29, 1.82) is 0 Å². The summed E-state index contributed by atoms with van der Waals surface area (Å²) >= 11 is 0. The van der Waals surface area contributed by atoms with E-state index in [1.165, 1.54) is 19.2 Å². The number of alkyl halides is 3. The highest BCUT2D eigenvalue weighted by molar-refractivity contribution is 5.97. The Kier molecular flexibility index (Phi) is 5.15. The molecule has 2 heterocycles. The van der Waals surface area contributed by atoms with Gasteiger partial charge in [-0.05, 0) is 13.8 Å². The average Bonchev–Trinajstić information content (AvgIpc) is 3.04. The Bertz CT molecular complexity index is 1130. The van der Waals surface area contributed by atoms with E-state index in [9.17, 15) is 38.4 Å². The van der Waals surface area contributed by atoms with E-state index in [2.05, 4.69) is 0 Å². The van der Waals surface area contributed by atoms with E-state index in [1.807, 2.05) is 0 Å². The van der Waals surface area contributed by atoms with Gasteiger partial charge in [-0.15, -0.1) is 0 Å². The lowest BCUT2D eigenvalue weighted by molar-refractivity contribution is -0.935. The summed E-state index contributed by atoms with van der Waals surface area (Å²) in [5.74, 6) is -2.51. The molecule has 0 saturated heterocycles. The van der Waals surface area contributed by atoms with E-state index >= 15 is 0 Å². The van der Waals surface area contributed by atoms with Gasteiger partial charge in [0.2, 0.25) is 0 Å². The SMILES string of the molecule is CC1(C)Oc2cc(NC(=O)C(F)(F)F)c([N+](=O)[O-])cc2C([N+]2([O-])Cc3ccccc3C2)C1O. The molecule has 9 nitrogen and oxygen atoms in total. The van der Waals surface area contributed by atoms with Crippen LogP contribution in [0, 0.1) is 15.3 Å². The molecule has 0 radical (unpaired) electrons. The minimum Gasteiger partial charge on any atom is -0.632 e. The number of nitrogens with zero attached hydrogens (tertiary/aromatic N) is 2. The number of hydrogen-bond acceptors (Lipinski definition) is 6. The van der Waals surface area contributed by atoms with Crippen LogP contribution in [0.1, 0.15) is 36.6 Å². The predicted molar refractivity (Wildman–Crippen MR) is 109 cm³/mol.